The number of aromatic hydroxyl groups is 1. The first-order valence-corrected chi connectivity index (χ1v) is 7.95. The largest absolute Gasteiger partial charge is 0.504 e. The number of phenols is 1. The van der Waals surface area contributed by atoms with Gasteiger partial charge in [0, 0.05) is 8.95 Å². The fourth-order valence-corrected chi connectivity index (χ4v) is 3.73. The van der Waals surface area contributed by atoms with E-state index in [1.54, 1.807) is 6.07 Å². The maximum atomic E-state index is 9.87. The van der Waals surface area contributed by atoms with E-state index >= 15 is 0 Å². The van der Waals surface area contributed by atoms with Crippen LogP contribution in [-0.4, -0.2) is 5.11 Å². The first-order chi connectivity index (χ1) is 8.47. The zero-order valence-electron chi connectivity index (χ0n) is 8.75. The molecule has 0 amide bonds. The van der Waals surface area contributed by atoms with E-state index in [2.05, 4.69) is 63.7 Å². The molecule has 6 heteroatoms. The van der Waals surface area contributed by atoms with Crippen molar-refractivity contribution in [3.05, 3.63) is 48.2 Å². The minimum absolute atomic E-state index is 0.0612. The Morgan fingerprint density at radius 3 is 2.11 bits per heavy atom. The normalized spacial score (nSPS) is 10.4. The molecule has 94 valence electrons. The molecule has 2 rings (SSSR count). The summed E-state index contributed by atoms with van der Waals surface area (Å²) in [5.74, 6) is 1.06. The Hall–Kier alpha value is -0.0400. The molecule has 0 spiro atoms. The van der Waals surface area contributed by atoms with Gasteiger partial charge < -0.3 is 9.84 Å². The molecule has 2 aromatic carbocycles. The third-order valence-corrected chi connectivity index (χ3v) is 4.25. The summed E-state index contributed by atoms with van der Waals surface area (Å²) in [5, 5.41) is 9.87. The summed E-state index contributed by atoms with van der Waals surface area (Å²) in [4.78, 5) is 0. The molecule has 0 heterocycles. The van der Waals surface area contributed by atoms with Crippen molar-refractivity contribution in [1.29, 1.82) is 0 Å². The van der Waals surface area contributed by atoms with Crippen LogP contribution >= 0.6 is 63.7 Å². The van der Waals surface area contributed by atoms with E-state index in [1.165, 1.54) is 0 Å². The van der Waals surface area contributed by atoms with Crippen LogP contribution in [0.1, 0.15) is 0 Å². The molecule has 0 fully saturated rings. The molecule has 2 nitrogen and oxygen atoms in total. The van der Waals surface area contributed by atoms with Crippen LogP contribution in [0.3, 0.4) is 0 Å². The van der Waals surface area contributed by atoms with Gasteiger partial charge in [0.2, 0.25) is 0 Å². The first kappa shape index (κ1) is 14.4. The molecular formula is C12H6Br4O2. The van der Waals surface area contributed by atoms with Crippen molar-refractivity contribution in [2.75, 3.05) is 0 Å². The summed E-state index contributed by atoms with van der Waals surface area (Å²) < 4.78 is 8.88. The Labute approximate surface area is 138 Å². The average Bonchev–Trinajstić information content (AvgIpc) is 2.25. The van der Waals surface area contributed by atoms with Crippen molar-refractivity contribution in [1.82, 2.24) is 0 Å². The van der Waals surface area contributed by atoms with Gasteiger partial charge in [0.05, 0.1) is 8.95 Å². The predicted molar refractivity (Wildman–Crippen MR) is 85.4 cm³/mol. The molecular weight excluding hydrogens is 496 g/mol. The highest BCUT2D eigenvalue weighted by Crippen LogP contribution is 2.42. The molecule has 18 heavy (non-hydrogen) atoms. The van der Waals surface area contributed by atoms with Crippen molar-refractivity contribution in [2.45, 2.75) is 0 Å². The molecule has 2 aromatic rings. The average molecular weight is 502 g/mol. The molecule has 0 unspecified atom stereocenters. The fraction of sp³-hybridized carbons (Fsp3) is 0. The fourth-order valence-electron chi connectivity index (χ4n) is 1.32. The van der Waals surface area contributed by atoms with Crippen molar-refractivity contribution >= 4 is 63.7 Å². The molecule has 0 radical (unpaired) electrons. The Bertz CT molecular complexity index is 576. The Morgan fingerprint density at radius 2 is 1.50 bits per heavy atom. The molecule has 0 bridgehead atoms. The van der Waals surface area contributed by atoms with Crippen LogP contribution in [-0.2, 0) is 0 Å². The molecule has 1 N–H and O–H groups in total. The molecule has 0 atom stereocenters. The van der Waals surface area contributed by atoms with E-state index in [0.717, 1.165) is 13.4 Å². The van der Waals surface area contributed by atoms with Crippen molar-refractivity contribution in [3.8, 4) is 17.2 Å². The van der Waals surface area contributed by atoms with E-state index in [1.807, 2.05) is 24.3 Å². The zero-order valence-corrected chi connectivity index (χ0v) is 15.1. The van der Waals surface area contributed by atoms with E-state index in [0.29, 0.717) is 16.0 Å². The predicted octanol–water partition coefficient (Wildman–Crippen LogP) is 6.23. The third kappa shape index (κ3) is 3.29. The molecule has 0 aliphatic carbocycles. The van der Waals surface area contributed by atoms with Gasteiger partial charge in [0.1, 0.15) is 5.75 Å². The standard InChI is InChI=1S/C12H6Br4O2/c13-6-1-2-11(8(15)3-6)18-12-9(16)4-7(14)5-10(12)17/h1-5,17H. The van der Waals surface area contributed by atoms with Gasteiger partial charge in [-0.3, -0.25) is 0 Å². The maximum absolute atomic E-state index is 9.87. The lowest BCUT2D eigenvalue weighted by Crippen LogP contribution is -1.88. The van der Waals surface area contributed by atoms with Crippen molar-refractivity contribution < 1.29 is 9.84 Å². The van der Waals surface area contributed by atoms with E-state index in [-0.39, 0.29) is 5.75 Å². The number of hydrogen-bond donors (Lipinski definition) is 1. The second kappa shape index (κ2) is 5.94. The minimum Gasteiger partial charge on any atom is -0.504 e. The Kier molecular flexibility index (Phi) is 4.75. The quantitative estimate of drug-likeness (QED) is 0.528. The van der Waals surface area contributed by atoms with Crippen LogP contribution in [0, 0.1) is 0 Å². The van der Waals surface area contributed by atoms with E-state index in [9.17, 15) is 5.11 Å². The van der Waals surface area contributed by atoms with Gasteiger partial charge >= 0.3 is 0 Å². The topological polar surface area (TPSA) is 29.5 Å². The van der Waals surface area contributed by atoms with Crippen LogP contribution in [0.2, 0.25) is 0 Å². The first-order valence-electron chi connectivity index (χ1n) is 4.78. The highest BCUT2D eigenvalue weighted by Gasteiger charge is 2.12. The number of ether oxygens (including phenoxy) is 1. The maximum Gasteiger partial charge on any atom is 0.183 e. The zero-order chi connectivity index (χ0) is 13.3. The third-order valence-electron chi connectivity index (χ3n) is 2.09. The Morgan fingerprint density at radius 1 is 0.833 bits per heavy atom. The van der Waals surface area contributed by atoms with Crippen LogP contribution in [0.4, 0.5) is 0 Å². The molecule has 0 aromatic heterocycles. The Balaban J connectivity index is 2.40. The molecule has 0 saturated heterocycles. The van der Waals surface area contributed by atoms with Crippen LogP contribution in [0.15, 0.2) is 48.2 Å². The summed E-state index contributed by atoms with van der Waals surface area (Å²) in [6, 6.07) is 8.93. The summed E-state index contributed by atoms with van der Waals surface area (Å²) in [5.41, 5.74) is 0. The van der Waals surface area contributed by atoms with Crippen LogP contribution in [0.5, 0.6) is 17.2 Å². The second-order valence-electron chi connectivity index (χ2n) is 3.41. The van der Waals surface area contributed by atoms with Gasteiger partial charge in [-0.2, -0.15) is 0 Å². The van der Waals surface area contributed by atoms with Crippen molar-refractivity contribution in [2.24, 2.45) is 0 Å². The van der Waals surface area contributed by atoms with Gasteiger partial charge in [0.15, 0.2) is 11.5 Å². The lowest BCUT2D eigenvalue weighted by molar-refractivity contribution is 0.407. The van der Waals surface area contributed by atoms with E-state index < -0.39 is 0 Å². The number of halogens is 4. The van der Waals surface area contributed by atoms with Gasteiger partial charge in [0.25, 0.3) is 0 Å². The summed E-state index contributed by atoms with van der Waals surface area (Å²) in [6.45, 7) is 0. The van der Waals surface area contributed by atoms with E-state index in [4.69, 9.17) is 4.74 Å². The van der Waals surface area contributed by atoms with Crippen LogP contribution in [0.25, 0.3) is 0 Å². The molecule has 0 aliphatic rings. The second-order valence-corrected chi connectivity index (χ2v) is 6.95. The highest BCUT2D eigenvalue weighted by atomic mass is 79.9. The number of hydrogen-bond acceptors (Lipinski definition) is 2. The number of benzene rings is 2. The number of rotatable bonds is 2. The lowest BCUT2D eigenvalue weighted by Gasteiger charge is -2.11. The molecule has 0 aliphatic heterocycles. The summed E-state index contributed by atoms with van der Waals surface area (Å²) in [6.07, 6.45) is 0. The van der Waals surface area contributed by atoms with Gasteiger partial charge in [-0.25, -0.2) is 0 Å². The summed E-state index contributed by atoms with van der Waals surface area (Å²) >= 11 is 13.4. The SMILES string of the molecule is Oc1cc(Br)cc(Br)c1Oc1ccc(Br)cc1Br. The van der Waals surface area contributed by atoms with Gasteiger partial charge in [-0.05, 0) is 62.2 Å². The molecule has 0 saturated carbocycles. The smallest absolute Gasteiger partial charge is 0.183 e. The summed E-state index contributed by atoms with van der Waals surface area (Å²) in [7, 11) is 0. The lowest BCUT2D eigenvalue weighted by atomic mass is 10.3. The van der Waals surface area contributed by atoms with Gasteiger partial charge in [-0.1, -0.05) is 31.9 Å². The number of phenolic OH excluding ortho intramolecular Hbond substituents is 1. The van der Waals surface area contributed by atoms with Crippen molar-refractivity contribution in [3.63, 3.8) is 0 Å². The highest BCUT2D eigenvalue weighted by molar-refractivity contribution is 9.11. The van der Waals surface area contributed by atoms with Crippen LogP contribution < -0.4 is 4.74 Å². The van der Waals surface area contributed by atoms with Gasteiger partial charge in [-0.15, -0.1) is 0 Å². The minimum atomic E-state index is 0.0612. The monoisotopic (exact) mass is 498 g/mol.